The maximum absolute atomic E-state index is 12.5. The largest absolute Gasteiger partial charge is 0.394 e. The number of hydrogen-bond donors (Lipinski definition) is 4. The molecule has 5 nitrogen and oxygen atoms in total. The lowest BCUT2D eigenvalue weighted by Gasteiger charge is -2.26. The van der Waals surface area contributed by atoms with Crippen molar-refractivity contribution in [3.8, 4) is 0 Å². The SMILES string of the molecule is CCCCCCCC/C=C/CC/C=C/CCCC(O)C(O)C(CO)NC(=O)CCCCCCCCCCCCCCCCCCC/C=C\C/C=C\CCCCCCCCCCCCC. The Morgan fingerprint density at radius 1 is 0.391 bits per heavy atom. The second-order valence-electron chi connectivity index (χ2n) is 19.5. The van der Waals surface area contributed by atoms with Gasteiger partial charge in [0.1, 0.15) is 6.10 Å². The lowest BCUT2D eigenvalue weighted by atomic mass is 10.0. The number of allylic oxidation sites excluding steroid dienone is 8. The van der Waals surface area contributed by atoms with Gasteiger partial charge in [-0.15, -0.1) is 0 Å². The third-order valence-corrected chi connectivity index (χ3v) is 13.1. The molecule has 0 spiro atoms. The van der Waals surface area contributed by atoms with Crippen molar-refractivity contribution in [2.24, 2.45) is 0 Å². The van der Waals surface area contributed by atoms with Crippen LogP contribution in [0.5, 0.6) is 0 Å². The summed E-state index contributed by atoms with van der Waals surface area (Å²) in [5.41, 5.74) is 0. The molecule has 0 bridgehead atoms. The number of rotatable bonds is 52. The van der Waals surface area contributed by atoms with E-state index in [0.717, 1.165) is 51.4 Å². The minimum Gasteiger partial charge on any atom is -0.394 e. The molecule has 1 amide bonds. The molecule has 3 atom stereocenters. The lowest BCUT2D eigenvalue weighted by molar-refractivity contribution is -0.124. The normalized spacial score (nSPS) is 13.6. The number of aliphatic hydroxyl groups excluding tert-OH is 3. The molecule has 5 heteroatoms. The zero-order valence-corrected chi connectivity index (χ0v) is 42.9. The lowest BCUT2D eigenvalue weighted by Crippen LogP contribution is -2.50. The first-order chi connectivity index (χ1) is 31.6. The van der Waals surface area contributed by atoms with Crippen molar-refractivity contribution in [3.05, 3.63) is 48.6 Å². The van der Waals surface area contributed by atoms with Crippen LogP contribution < -0.4 is 5.32 Å². The molecule has 4 N–H and O–H groups in total. The van der Waals surface area contributed by atoms with Crippen LogP contribution >= 0.6 is 0 Å². The number of hydrogen-bond acceptors (Lipinski definition) is 4. The minimum atomic E-state index is -1.17. The molecule has 0 aliphatic heterocycles. The standard InChI is InChI=1S/C59H111NO4/c1-3-5-7-9-11-13-15-17-19-20-21-22-23-24-25-26-27-28-29-30-31-32-33-34-35-36-37-38-40-42-44-46-48-50-52-54-58(63)60-56(55-61)59(64)57(62)53-51-49-47-45-43-41-39-18-16-14-12-10-8-6-4-2/h18,23-24,26-27,39,45,47,56-57,59,61-62,64H,3-17,19-22,25,28-38,40-44,46,48-55H2,1-2H3,(H,60,63)/b24-23-,27-26-,39-18+,47-45+. The first-order valence-corrected chi connectivity index (χ1v) is 28.4. The fourth-order valence-electron chi connectivity index (χ4n) is 8.74. The Morgan fingerprint density at radius 2 is 0.688 bits per heavy atom. The zero-order chi connectivity index (χ0) is 46.5. The van der Waals surface area contributed by atoms with Crippen molar-refractivity contribution in [3.63, 3.8) is 0 Å². The number of unbranched alkanes of at least 4 members (excludes halogenated alkanes) is 36. The number of aliphatic hydroxyl groups is 3. The van der Waals surface area contributed by atoms with E-state index in [1.54, 1.807) is 0 Å². The van der Waals surface area contributed by atoms with Gasteiger partial charge in [0.25, 0.3) is 0 Å². The molecule has 3 unspecified atom stereocenters. The van der Waals surface area contributed by atoms with Crippen LogP contribution in [-0.2, 0) is 4.79 Å². The molecule has 0 aromatic heterocycles. The molecule has 0 saturated carbocycles. The van der Waals surface area contributed by atoms with E-state index < -0.39 is 18.2 Å². The number of carbonyl (C=O) groups is 1. The van der Waals surface area contributed by atoms with Gasteiger partial charge in [-0.25, -0.2) is 0 Å². The van der Waals surface area contributed by atoms with Crippen LogP contribution in [0.2, 0.25) is 0 Å². The summed E-state index contributed by atoms with van der Waals surface area (Å²) in [6.07, 6.45) is 71.4. The van der Waals surface area contributed by atoms with E-state index in [2.05, 4.69) is 67.8 Å². The summed E-state index contributed by atoms with van der Waals surface area (Å²) in [6.45, 7) is 4.17. The first-order valence-electron chi connectivity index (χ1n) is 28.4. The predicted octanol–water partition coefficient (Wildman–Crippen LogP) is 17.6. The summed E-state index contributed by atoms with van der Waals surface area (Å²) in [4.78, 5) is 12.5. The summed E-state index contributed by atoms with van der Waals surface area (Å²) in [5.74, 6) is -0.156. The molecule has 0 aromatic rings. The second kappa shape index (κ2) is 53.9. The molecular weight excluding hydrogens is 787 g/mol. The molecule has 0 aliphatic carbocycles. The van der Waals surface area contributed by atoms with Crippen LogP contribution in [0.3, 0.4) is 0 Å². The van der Waals surface area contributed by atoms with Crippen molar-refractivity contribution in [1.82, 2.24) is 5.32 Å². The van der Waals surface area contributed by atoms with Crippen molar-refractivity contribution >= 4 is 5.91 Å². The Bertz CT molecular complexity index is 1040. The minimum absolute atomic E-state index is 0.156. The second-order valence-corrected chi connectivity index (χ2v) is 19.5. The Hall–Kier alpha value is -1.69. The monoisotopic (exact) mass is 898 g/mol. The highest BCUT2D eigenvalue weighted by atomic mass is 16.3. The molecule has 0 radical (unpaired) electrons. The van der Waals surface area contributed by atoms with Crippen molar-refractivity contribution in [2.75, 3.05) is 6.61 Å². The van der Waals surface area contributed by atoms with Gasteiger partial charge in [-0.1, -0.05) is 255 Å². The molecule has 0 heterocycles. The average molecular weight is 899 g/mol. The van der Waals surface area contributed by atoms with Gasteiger partial charge in [0.2, 0.25) is 5.91 Å². The van der Waals surface area contributed by atoms with Gasteiger partial charge in [-0.2, -0.15) is 0 Å². The van der Waals surface area contributed by atoms with E-state index in [1.165, 1.54) is 218 Å². The van der Waals surface area contributed by atoms with Gasteiger partial charge < -0.3 is 20.6 Å². The van der Waals surface area contributed by atoms with Crippen molar-refractivity contribution < 1.29 is 20.1 Å². The first kappa shape index (κ1) is 62.3. The highest BCUT2D eigenvalue weighted by Crippen LogP contribution is 2.17. The Balaban J connectivity index is 3.52. The molecule has 0 fully saturated rings. The molecule has 64 heavy (non-hydrogen) atoms. The summed E-state index contributed by atoms with van der Waals surface area (Å²) < 4.78 is 0. The van der Waals surface area contributed by atoms with E-state index in [9.17, 15) is 20.1 Å². The van der Waals surface area contributed by atoms with Gasteiger partial charge >= 0.3 is 0 Å². The number of carbonyl (C=O) groups excluding carboxylic acids is 1. The van der Waals surface area contributed by atoms with Gasteiger partial charge in [-0.3, -0.25) is 4.79 Å². The molecule has 0 saturated heterocycles. The molecular formula is C59H111NO4. The van der Waals surface area contributed by atoms with Crippen LogP contribution in [0.15, 0.2) is 48.6 Å². The fraction of sp³-hybridized carbons (Fsp3) is 0.847. The van der Waals surface area contributed by atoms with E-state index >= 15 is 0 Å². The van der Waals surface area contributed by atoms with Gasteiger partial charge in [0, 0.05) is 6.42 Å². The highest BCUT2D eigenvalue weighted by molar-refractivity contribution is 5.76. The van der Waals surface area contributed by atoms with E-state index in [1.807, 2.05) is 0 Å². The molecule has 376 valence electrons. The molecule has 0 rings (SSSR count). The van der Waals surface area contributed by atoms with E-state index in [-0.39, 0.29) is 12.5 Å². The average Bonchev–Trinajstić information content (AvgIpc) is 3.30. The zero-order valence-electron chi connectivity index (χ0n) is 42.9. The maximum Gasteiger partial charge on any atom is 0.220 e. The van der Waals surface area contributed by atoms with Crippen molar-refractivity contribution in [2.45, 2.75) is 315 Å². The summed E-state index contributed by atoms with van der Waals surface area (Å²) in [7, 11) is 0. The third-order valence-electron chi connectivity index (χ3n) is 13.1. The molecule has 0 aliphatic rings. The highest BCUT2D eigenvalue weighted by Gasteiger charge is 2.26. The van der Waals surface area contributed by atoms with Crippen LogP contribution in [-0.4, -0.2) is 46.1 Å². The Morgan fingerprint density at radius 3 is 1.05 bits per heavy atom. The van der Waals surface area contributed by atoms with Crippen LogP contribution in [0.4, 0.5) is 0 Å². The topological polar surface area (TPSA) is 89.8 Å². The van der Waals surface area contributed by atoms with Gasteiger partial charge in [-0.05, 0) is 83.5 Å². The predicted molar refractivity (Wildman–Crippen MR) is 282 cm³/mol. The number of nitrogens with one attached hydrogen (secondary N) is 1. The van der Waals surface area contributed by atoms with Gasteiger partial charge in [0.05, 0.1) is 18.8 Å². The van der Waals surface area contributed by atoms with Crippen LogP contribution in [0.25, 0.3) is 0 Å². The fourth-order valence-corrected chi connectivity index (χ4v) is 8.74. The summed E-state index contributed by atoms with van der Waals surface area (Å²) in [5, 5.41) is 33.6. The van der Waals surface area contributed by atoms with Crippen LogP contribution in [0.1, 0.15) is 296 Å². The van der Waals surface area contributed by atoms with Crippen molar-refractivity contribution in [1.29, 1.82) is 0 Å². The Labute approximate surface area is 399 Å². The quantitative estimate of drug-likeness (QED) is 0.0362. The summed E-state index contributed by atoms with van der Waals surface area (Å²) >= 11 is 0. The summed E-state index contributed by atoms with van der Waals surface area (Å²) in [6, 6.07) is -0.833. The third kappa shape index (κ3) is 48.2. The smallest absolute Gasteiger partial charge is 0.220 e. The Kier molecular flexibility index (Phi) is 52.5. The molecule has 0 aromatic carbocycles. The number of amides is 1. The van der Waals surface area contributed by atoms with E-state index in [0.29, 0.717) is 12.8 Å². The van der Waals surface area contributed by atoms with Crippen LogP contribution in [0, 0.1) is 0 Å². The van der Waals surface area contributed by atoms with E-state index in [4.69, 9.17) is 0 Å². The van der Waals surface area contributed by atoms with Gasteiger partial charge in [0.15, 0.2) is 0 Å². The maximum atomic E-state index is 12.5.